The zero-order chi connectivity index (χ0) is 8.27. The third-order valence-corrected chi connectivity index (χ3v) is 1.92. The Hall–Kier alpha value is -0.440. The molecule has 0 spiro atoms. The summed E-state index contributed by atoms with van der Waals surface area (Å²) in [5, 5.41) is 0. The van der Waals surface area contributed by atoms with E-state index in [4.69, 9.17) is 0 Å². The van der Waals surface area contributed by atoms with E-state index in [1.807, 2.05) is 13.0 Å². The zero-order valence-corrected chi connectivity index (χ0v) is 6.69. The molecule has 3 heteroatoms. The van der Waals surface area contributed by atoms with Crippen molar-refractivity contribution in [3.63, 3.8) is 0 Å². The van der Waals surface area contributed by atoms with E-state index in [0.29, 0.717) is 6.54 Å². The molecular weight excluding hydrogens is 148 g/mol. The fraction of sp³-hybridized carbons (Fsp3) is 0.750. The van der Waals surface area contributed by atoms with Gasteiger partial charge in [-0.15, -0.1) is 0 Å². The Bertz CT molecular complexity index is 154. The number of halogens is 2. The van der Waals surface area contributed by atoms with Crippen molar-refractivity contribution in [1.29, 1.82) is 0 Å². The molecule has 0 saturated carbocycles. The van der Waals surface area contributed by atoms with Crippen molar-refractivity contribution >= 4 is 0 Å². The third kappa shape index (κ3) is 2.97. The van der Waals surface area contributed by atoms with E-state index in [1.54, 1.807) is 4.90 Å². The van der Waals surface area contributed by atoms with E-state index in [1.165, 1.54) is 5.57 Å². The second kappa shape index (κ2) is 3.81. The fourth-order valence-electron chi connectivity index (χ4n) is 1.17. The lowest BCUT2D eigenvalue weighted by molar-refractivity contribution is 0.0922. The molecule has 0 N–H and O–H groups in total. The first-order valence-electron chi connectivity index (χ1n) is 3.84. The predicted octanol–water partition coefficient (Wildman–Crippen LogP) is 1.90. The quantitative estimate of drug-likeness (QED) is 0.559. The van der Waals surface area contributed by atoms with Gasteiger partial charge in [-0.1, -0.05) is 11.6 Å². The van der Waals surface area contributed by atoms with Crippen molar-refractivity contribution < 1.29 is 8.78 Å². The van der Waals surface area contributed by atoms with Crippen LogP contribution in [0.25, 0.3) is 0 Å². The number of rotatable bonds is 2. The Morgan fingerprint density at radius 2 is 2.36 bits per heavy atom. The van der Waals surface area contributed by atoms with Crippen molar-refractivity contribution in [3.8, 4) is 0 Å². The van der Waals surface area contributed by atoms with Gasteiger partial charge in [0.15, 0.2) is 0 Å². The van der Waals surface area contributed by atoms with Gasteiger partial charge in [0.05, 0.1) is 6.54 Å². The lowest BCUT2D eigenvalue weighted by Gasteiger charge is -2.24. The second-order valence-corrected chi connectivity index (χ2v) is 2.95. The Kier molecular flexibility index (Phi) is 3.00. The molecule has 0 bridgehead atoms. The molecule has 0 atom stereocenters. The molecule has 1 rings (SSSR count). The van der Waals surface area contributed by atoms with Gasteiger partial charge in [-0.25, -0.2) is 8.78 Å². The van der Waals surface area contributed by atoms with E-state index >= 15 is 0 Å². The standard InChI is InChI=1S/C8H13F2N/c1-7-2-4-11(5-3-7)6-8(9)10/h2,8H,3-6H2,1H3. The molecule has 0 saturated heterocycles. The Morgan fingerprint density at radius 1 is 1.64 bits per heavy atom. The van der Waals surface area contributed by atoms with Gasteiger partial charge in [0.2, 0.25) is 0 Å². The van der Waals surface area contributed by atoms with Crippen LogP contribution in [0.2, 0.25) is 0 Å². The molecule has 1 aliphatic heterocycles. The van der Waals surface area contributed by atoms with Gasteiger partial charge in [0, 0.05) is 13.1 Å². The number of hydrogen-bond acceptors (Lipinski definition) is 1. The van der Waals surface area contributed by atoms with Crippen molar-refractivity contribution in [1.82, 2.24) is 4.90 Å². The highest BCUT2D eigenvalue weighted by atomic mass is 19.3. The highest BCUT2D eigenvalue weighted by molar-refractivity contribution is 5.03. The SMILES string of the molecule is CC1=CCN(CC(F)F)CC1. The number of alkyl halides is 2. The van der Waals surface area contributed by atoms with Crippen LogP contribution in [-0.4, -0.2) is 31.0 Å². The Morgan fingerprint density at radius 3 is 2.82 bits per heavy atom. The van der Waals surface area contributed by atoms with Crippen molar-refractivity contribution in [2.45, 2.75) is 19.8 Å². The summed E-state index contributed by atoms with van der Waals surface area (Å²) in [6.45, 7) is 3.44. The van der Waals surface area contributed by atoms with Gasteiger partial charge >= 0.3 is 0 Å². The average Bonchev–Trinajstić information content (AvgIpc) is 1.93. The Balaban J connectivity index is 2.29. The van der Waals surface area contributed by atoms with E-state index in [-0.39, 0.29) is 6.54 Å². The number of hydrogen-bond donors (Lipinski definition) is 0. The van der Waals surface area contributed by atoms with Crippen molar-refractivity contribution in [2.75, 3.05) is 19.6 Å². The minimum Gasteiger partial charge on any atom is -0.294 e. The van der Waals surface area contributed by atoms with Crippen LogP contribution >= 0.6 is 0 Å². The molecule has 0 aliphatic carbocycles. The highest BCUT2D eigenvalue weighted by Crippen LogP contribution is 2.10. The van der Waals surface area contributed by atoms with Crippen LogP contribution in [0, 0.1) is 0 Å². The maximum Gasteiger partial charge on any atom is 0.251 e. The normalized spacial score (nSPS) is 20.5. The first-order chi connectivity index (χ1) is 5.18. The molecule has 0 aromatic heterocycles. The second-order valence-electron chi connectivity index (χ2n) is 2.95. The van der Waals surface area contributed by atoms with E-state index in [9.17, 15) is 8.78 Å². The Labute approximate surface area is 65.7 Å². The van der Waals surface area contributed by atoms with E-state index in [0.717, 1.165) is 13.0 Å². The highest BCUT2D eigenvalue weighted by Gasteiger charge is 2.13. The molecule has 1 aliphatic rings. The van der Waals surface area contributed by atoms with Crippen LogP contribution < -0.4 is 0 Å². The zero-order valence-electron chi connectivity index (χ0n) is 6.69. The third-order valence-electron chi connectivity index (χ3n) is 1.92. The van der Waals surface area contributed by atoms with Gasteiger partial charge in [0.1, 0.15) is 0 Å². The van der Waals surface area contributed by atoms with Gasteiger partial charge in [-0.05, 0) is 13.3 Å². The van der Waals surface area contributed by atoms with Crippen LogP contribution in [0.5, 0.6) is 0 Å². The molecule has 0 amide bonds. The molecule has 1 heterocycles. The van der Waals surface area contributed by atoms with Crippen molar-refractivity contribution in [3.05, 3.63) is 11.6 Å². The first-order valence-corrected chi connectivity index (χ1v) is 3.84. The summed E-state index contributed by atoms with van der Waals surface area (Å²) in [7, 11) is 0. The monoisotopic (exact) mass is 161 g/mol. The topological polar surface area (TPSA) is 3.24 Å². The van der Waals surface area contributed by atoms with Gasteiger partial charge in [-0.2, -0.15) is 0 Å². The van der Waals surface area contributed by atoms with Crippen LogP contribution in [0.4, 0.5) is 8.78 Å². The van der Waals surface area contributed by atoms with Crippen molar-refractivity contribution in [2.24, 2.45) is 0 Å². The lowest BCUT2D eigenvalue weighted by Crippen LogP contribution is -2.32. The molecule has 0 fully saturated rings. The van der Waals surface area contributed by atoms with Crippen LogP contribution in [-0.2, 0) is 0 Å². The summed E-state index contributed by atoms with van der Waals surface area (Å²) in [5.74, 6) is 0. The summed E-state index contributed by atoms with van der Waals surface area (Å²) >= 11 is 0. The summed E-state index contributed by atoms with van der Waals surface area (Å²) in [4.78, 5) is 1.78. The summed E-state index contributed by atoms with van der Waals surface area (Å²) < 4.78 is 23.7. The fourth-order valence-corrected chi connectivity index (χ4v) is 1.17. The lowest BCUT2D eigenvalue weighted by atomic mass is 10.1. The maximum atomic E-state index is 11.9. The van der Waals surface area contributed by atoms with Crippen LogP contribution in [0.3, 0.4) is 0 Å². The largest absolute Gasteiger partial charge is 0.294 e. The van der Waals surface area contributed by atoms with Gasteiger partial charge < -0.3 is 0 Å². The first kappa shape index (κ1) is 8.65. The molecule has 1 nitrogen and oxygen atoms in total. The molecule has 64 valence electrons. The molecule has 0 aromatic carbocycles. The van der Waals surface area contributed by atoms with Crippen LogP contribution in [0.15, 0.2) is 11.6 Å². The minimum absolute atomic E-state index is 0.0796. The number of nitrogens with zero attached hydrogens (tertiary/aromatic N) is 1. The summed E-state index contributed by atoms with van der Waals surface area (Å²) in [6.07, 6.45) is 0.764. The molecule has 11 heavy (non-hydrogen) atoms. The van der Waals surface area contributed by atoms with Crippen LogP contribution in [0.1, 0.15) is 13.3 Å². The summed E-state index contributed by atoms with van der Waals surface area (Å²) in [5.41, 5.74) is 1.32. The van der Waals surface area contributed by atoms with Gasteiger partial charge in [-0.3, -0.25) is 4.90 Å². The van der Waals surface area contributed by atoms with Gasteiger partial charge in [0.25, 0.3) is 6.43 Å². The van der Waals surface area contributed by atoms with E-state index < -0.39 is 6.43 Å². The smallest absolute Gasteiger partial charge is 0.251 e. The molecular formula is C8H13F2N. The predicted molar refractivity (Wildman–Crippen MR) is 40.8 cm³/mol. The molecule has 0 unspecified atom stereocenters. The molecule has 0 aromatic rings. The summed E-state index contributed by atoms with van der Waals surface area (Å²) in [6, 6.07) is 0. The average molecular weight is 161 g/mol. The van der Waals surface area contributed by atoms with E-state index in [2.05, 4.69) is 0 Å². The molecule has 0 radical (unpaired) electrons. The minimum atomic E-state index is -2.19. The maximum absolute atomic E-state index is 11.9.